The van der Waals surface area contributed by atoms with Gasteiger partial charge in [-0.3, -0.25) is 9.59 Å². The highest BCUT2D eigenvalue weighted by molar-refractivity contribution is 6.69. The lowest BCUT2D eigenvalue weighted by Crippen LogP contribution is -2.29. The molecule has 0 aliphatic heterocycles. The Balaban J connectivity index is 5.36. The van der Waals surface area contributed by atoms with E-state index in [9.17, 15) is 9.59 Å². The van der Waals surface area contributed by atoms with Gasteiger partial charge in [0.05, 0.1) is 5.70 Å². The molecule has 0 atom stereocenters. The van der Waals surface area contributed by atoms with Crippen molar-refractivity contribution in [2.45, 2.75) is 10.7 Å². The van der Waals surface area contributed by atoms with Crippen LogP contribution in [0.3, 0.4) is 0 Å². The number of ketones is 1. The molecule has 0 unspecified atom stereocenters. The molecule has 0 aromatic rings. The third-order valence-electron chi connectivity index (χ3n) is 1.17. The monoisotopic (exact) mass is 244 g/mol. The van der Waals surface area contributed by atoms with Crippen LogP contribution in [-0.4, -0.2) is 15.5 Å². The fourth-order valence-electron chi connectivity index (χ4n) is 0.638. The van der Waals surface area contributed by atoms with Gasteiger partial charge in [-0.15, -0.1) is 0 Å². The second-order valence-electron chi connectivity index (χ2n) is 2.21. The third-order valence-corrected chi connectivity index (χ3v) is 1.78. The van der Waals surface area contributed by atoms with Crippen LogP contribution in [0.25, 0.3) is 0 Å². The number of carbonyl (C=O) groups is 2. The molecule has 0 aliphatic carbocycles. The molecular weight excluding hydrogens is 238 g/mol. The quantitative estimate of drug-likeness (QED) is 0.324. The van der Waals surface area contributed by atoms with Crippen molar-refractivity contribution in [1.29, 1.82) is 0 Å². The van der Waals surface area contributed by atoms with E-state index in [0.29, 0.717) is 0 Å². The lowest BCUT2D eigenvalue weighted by molar-refractivity contribution is -0.119. The van der Waals surface area contributed by atoms with Gasteiger partial charge in [-0.05, 0) is 6.92 Å². The second-order valence-corrected chi connectivity index (χ2v) is 4.49. The van der Waals surface area contributed by atoms with E-state index in [1.165, 1.54) is 0 Å². The van der Waals surface area contributed by atoms with Crippen LogP contribution in [0, 0.1) is 0 Å². The summed E-state index contributed by atoms with van der Waals surface area (Å²) < 4.78 is -2.00. The lowest BCUT2D eigenvalue weighted by Gasteiger charge is -2.13. The molecule has 1 amide bonds. The van der Waals surface area contributed by atoms with Crippen molar-refractivity contribution in [3.8, 4) is 0 Å². The number of rotatable bonds is 2. The maximum absolute atomic E-state index is 10.9. The standard InChI is InChI=1S/C6H7Cl3N2O2/c1-2(12)3(5(11)13)4(10)6(7,8)9/h10H2,1H3,(H2,11,13)/b4-3-. The van der Waals surface area contributed by atoms with Crippen LogP contribution in [-0.2, 0) is 9.59 Å². The van der Waals surface area contributed by atoms with Gasteiger partial charge in [-0.2, -0.15) is 0 Å². The van der Waals surface area contributed by atoms with Crippen LogP contribution in [0.4, 0.5) is 0 Å². The van der Waals surface area contributed by atoms with Crippen LogP contribution >= 0.6 is 34.8 Å². The summed E-state index contributed by atoms with van der Waals surface area (Å²) >= 11 is 16.1. The van der Waals surface area contributed by atoms with Gasteiger partial charge in [0.2, 0.25) is 3.79 Å². The minimum Gasteiger partial charge on any atom is -0.398 e. The number of nitrogens with two attached hydrogens (primary N) is 2. The first kappa shape index (κ1) is 12.6. The Morgan fingerprint density at radius 1 is 1.15 bits per heavy atom. The first-order chi connectivity index (χ1) is 5.68. The van der Waals surface area contributed by atoms with Gasteiger partial charge in [0.25, 0.3) is 5.91 Å². The highest BCUT2D eigenvalue weighted by Crippen LogP contribution is 2.33. The predicted molar refractivity (Wildman–Crippen MR) is 51.4 cm³/mol. The number of hydrogen-bond acceptors (Lipinski definition) is 3. The van der Waals surface area contributed by atoms with E-state index in [4.69, 9.17) is 46.3 Å². The van der Waals surface area contributed by atoms with Crippen LogP contribution in [0.15, 0.2) is 11.3 Å². The normalized spacial score (nSPS) is 13.5. The van der Waals surface area contributed by atoms with Gasteiger partial charge in [0.15, 0.2) is 5.78 Å². The van der Waals surface area contributed by atoms with E-state index < -0.39 is 26.8 Å². The molecule has 0 heterocycles. The largest absolute Gasteiger partial charge is 0.398 e. The SMILES string of the molecule is CC(=O)/C(C(N)=O)=C(/N)C(Cl)(Cl)Cl. The Hall–Kier alpha value is -0.450. The maximum atomic E-state index is 10.9. The average molecular weight is 245 g/mol. The topological polar surface area (TPSA) is 86.2 Å². The summed E-state index contributed by atoms with van der Waals surface area (Å²) in [6.45, 7) is 1.10. The van der Waals surface area contributed by atoms with Crippen molar-refractivity contribution in [2.75, 3.05) is 0 Å². The zero-order chi connectivity index (χ0) is 10.8. The summed E-state index contributed by atoms with van der Waals surface area (Å²) in [5, 5.41) is 0. The molecule has 0 saturated heterocycles. The number of halogens is 3. The number of alkyl halides is 3. The number of allylic oxidation sites excluding steroid dienone is 1. The summed E-state index contributed by atoms with van der Waals surface area (Å²) in [5.74, 6) is -1.66. The Morgan fingerprint density at radius 3 is 1.62 bits per heavy atom. The number of carbonyl (C=O) groups excluding carboxylic acids is 2. The summed E-state index contributed by atoms with van der Waals surface area (Å²) in [6.07, 6.45) is 0. The minimum absolute atomic E-state index is 0.461. The van der Waals surface area contributed by atoms with Crippen LogP contribution in [0.5, 0.6) is 0 Å². The van der Waals surface area contributed by atoms with Crippen LogP contribution < -0.4 is 11.5 Å². The number of hydrogen-bond donors (Lipinski definition) is 2. The van der Waals surface area contributed by atoms with Crippen LogP contribution in [0.2, 0.25) is 0 Å². The second kappa shape index (κ2) is 4.17. The lowest BCUT2D eigenvalue weighted by atomic mass is 10.1. The molecular formula is C6H7Cl3N2O2. The molecule has 0 saturated carbocycles. The summed E-state index contributed by atoms with van der Waals surface area (Å²) in [5.41, 5.74) is 9.17. The summed E-state index contributed by atoms with van der Waals surface area (Å²) in [6, 6.07) is 0. The zero-order valence-electron chi connectivity index (χ0n) is 6.61. The number of amides is 1. The Morgan fingerprint density at radius 2 is 1.54 bits per heavy atom. The van der Waals surface area contributed by atoms with E-state index in [1.807, 2.05) is 0 Å². The zero-order valence-corrected chi connectivity index (χ0v) is 8.87. The molecule has 7 heteroatoms. The van der Waals surface area contributed by atoms with Gasteiger partial charge in [0, 0.05) is 0 Å². The molecule has 74 valence electrons. The van der Waals surface area contributed by atoms with Crippen molar-refractivity contribution in [2.24, 2.45) is 11.5 Å². The molecule has 0 rings (SSSR count). The van der Waals surface area contributed by atoms with Crippen molar-refractivity contribution < 1.29 is 9.59 Å². The highest BCUT2D eigenvalue weighted by atomic mass is 35.6. The van der Waals surface area contributed by atoms with E-state index in [1.54, 1.807) is 0 Å². The third kappa shape index (κ3) is 3.42. The van der Waals surface area contributed by atoms with E-state index >= 15 is 0 Å². The van der Waals surface area contributed by atoms with E-state index in [0.717, 1.165) is 6.92 Å². The van der Waals surface area contributed by atoms with Gasteiger partial charge < -0.3 is 11.5 Å². The molecule has 0 aromatic carbocycles. The molecule has 0 aliphatic rings. The van der Waals surface area contributed by atoms with Crippen molar-refractivity contribution in [3.63, 3.8) is 0 Å². The maximum Gasteiger partial charge on any atom is 0.254 e. The molecule has 0 aromatic heterocycles. The van der Waals surface area contributed by atoms with Crippen LogP contribution in [0.1, 0.15) is 6.92 Å². The first-order valence-corrected chi connectivity index (χ1v) is 4.19. The number of Topliss-reactive ketones (excluding diaryl/α,β-unsaturated/α-hetero) is 1. The Kier molecular flexibility index (Phi) is 4.03. The van der Waals surface area contributed by atoms with Gasteiger partial charge >= 0.3 is 0 Å². The predicted octanol–water partition coefficient (Wildman–Crippen LogP) is 0.644. The van der Waals surface area contributed by atoms with Gasteiger partial charge in [0.1, 0.15) is 5.57 Å². The number of primary amides is 1. The Bertz CT molecular complexity index is 264. The van der Waals surface area contributed by atoms with Crippen molar-refractivity contribution in [1.82, 2.24) is 0 Å². The van der Waals surface area contributed by atoms with E-state index in [-0.39, 0.29) is 0 Å². The van der Waals surface area contributed by atoms with Gasteiger partial charge in [-0.25, -0.2) is 0 Å². The molecule has 4 N–H and O–H groups in total. The average Bonchev–Trinajstić information content (AvgIpc) is 1.82. The molecule has 13 heavy (non-hydrogen) atoms. The molecule has 0 bridgehead atoms. The molecule has 0 spiro atoms. The van der Waals surface area contributed by atoms with Crippen molar-refractivity contribution >= 4 is 46.5 Å². The minimum atomic E-state index is -2.00. The molecule has 4 nitrogen and oxygen atoms in total. The summed E-state index contributed by atoms with van der Waals surface area (Å²) in [4.78, 5) is 21.6. The van der Waals surface area contributed by atoms with E-state index in [2.05, 4.69) is 0 Å². The van der Waals surface area contributed by atoms with Gasteiger partial charge in [-0.1, -0.05) is 34.8 Å². The highest BCUT2D eigenvalue weighted by Gasteiger charge is 2.30. The smallest absolute Gasteiger partial charge is 0.254 e. The molecule has 0 fully saturated rings. The fourth-order valence-corrected chi connectivity index (χ4v) is 0.921. The molecule has 0 radical (unpaired) electrons. The first-order valence-electron chi connectivity index (χ1n) is 3.05. The van der Waals surface area contributed by atoms with Crippen molar-refractivity contribution in [3.05, 3.63) is 11.3 Å². The fraction of sp³-hybridized carbons (Fsp3) is 0.333. The Labute approximate surface area is 89.8 Å². The summed E-state index contributed by atoms with van der Waals surface area (Å²) in [7, 11) is 0.